The lowest BCUT2D eigenvalue weighted by atomic mass is 10.0. The summed E-state index contributed by atoms with van der Waals surface area (Å²) >= 11 is 0. The third-order valence-corrected chi connectivity index (χ3v) is 2.15. The van der Waals surface area contributed by atoms with Crippen LogP contribution in [-0.2, 0) is 11.3 Å². The second-order valence-electron chi connectivity index (χ2n) is 3.11. The summed E-state index contributed by atoms with van der Waals surface area (Å²) in [6.45, 7) is -3.90. The monoisotopic (exact) mass is 257 g/mol. The molecule has 1 rings (SSSR count). The van der Waals surface area contributed by atoms with Crippen molar-refractivity contribution >= 4 is 5.97 Å². The number of nitriles is 1. The number of hydrogen-bond donors (Lipinski definition) is 1. The Morgan fingerprint density at radius 2 is 2.22 bits per heavy atom. The van der Waals surface area contributed by atoms with E-state index in [4.69, 9.17) is 10.4 Å². The zero-order chi connectivity index (χ0) is 13.7. The number of esters is 1. The molecule has 5 nitrogen and oxygen atoms in total. The molecule has 0 aliphatic carbocycles. The molecule has 0 atom stereocenters. The number of aliphatic hydroxyl groups excluding tert-OH is 1. The Labute approximate surface area is 101 Å². The maximum atomic E-state index is 12.3. The van der Waals surface area contributed by atoms with Crippen LogP contribution in [0.1, 0.15) is 21.5 Å². The molecule has 0 spiro atoms. The average Bonchev–Trinajstić information content (AvgIpc) is 2.36. The van der Waals surface area contributed by atoms with Crippen LogP contribution < -0.4 is 4.74 Å². The number of alkyl halides is 2. The van der Waals surface area contributed by atoms with Crippen molar-refractivity contribution in [3.05, 3.63) is 28.8 Å². The van der Waals surface area contributed by atoms with E-state index in [1.54, 1.807) is 6.07 Å². The fourth-order valence-electron chi connectivity index (χ4n) is 1.38. The van der Waals surface area contributed by atoms with E-state index in [-0.39, 0.29) is 16.7 Å². The van der Waals surface area contributed by atoms with E-state index in [1.807, 2.05) is 0 Å². The molecule has 0 saturated heterocycles. The lowest BCUT2D eigenvalue weighted by Crippen LogP contribution is -2.12. The molecule has 7 heteroatoms. The van der Waals surface area contributed by atoms with Crippen LogP contribution in [0.5, 0.6) is 5.75 Å². The molecule has 0 unspecified atom stereocenters. The zero-order valence-corrected chi connectivity index (χ0v) is 9.31. The molecule has 1 aromatic carbocycles. The molecule has 0 bridgehead atoms. The van der Waals surface area contributed by atoms with Crippen molar-refractivity contribution in [3.63, 3.8) is 0 Å². The van der Waals surface area contributed by atoms with Crippen LogP contribution in [0.2, 0.25) is 0 Å². The molecule has 0 amide bonds. The van der Waals surface area contributed by atoms with Crippen molar-refractivity contribution in [3.8, 4) is 11.8 Å². The highest BCUT2D eigenvalue weighted by molar-refractivity contribution is 5.93. The minimum atomic E-state index is -3.19. The summed E-state index contributed by atoms with van der Waals surface area (Å²) in [5.41, 5.74) is -0.512. The quantitative estimate of drug-likeness (QED) is 0.825. The third kappa shape index (κ3) is 2.73. The Morgan fingerprint density at radius 1 is 1.56 bits per heavy atom. The lowest BCUT2D eigenvalue weighted by molar-refractivity contribution is -0.0515. The van der Waals surface area contributed by atoms with Gasteiger partial charge in [0, 0.05) is 5.56 Å². The van der Waals surface area contributed by atoms with Gasteiger partial charge in [-0.05, 0) is 12.1 Å². The van der Waals surface area contributed by atoms with Crippen LogP contribution in [-0.4, -0.2) is 24.8 Å². The highest BCUT2D eigenvalue weighted by Crippen LogP contribution is 2.29. The van der Waals surface area contributed by atoms with Crippen molar-refractivity contribution < 1.29 is 28.2 Å². The van der Waals surface area contributed by atoms with Gasteiger partial charge in [0.15, 0.2) is 0 Å². The molecule has 0 saturated carbocycles. The third-order valence-electron chi connectivity index (χ3n) is 2.15. The second kappa shape index (κ2) is 5.93. The van der Waals surface area contributed by atoms with Crippen LogP contribution in [0.15, 0.2) is 12.1 Å². The highest BCUT2D eigenvalue weighted by atomic mass is 19.3. The molecule has 0 aliphatic rings. The number of carbonyl (C=O) groups excluding carboxylic acids is 1. The molecule has 0 heterocycles. The molecule has 0 radical (unpaired) electrons. The van der Waals surface area contributed by atoms with Gasteiger partial charge in [-0.2, -0.15) is 14.0 Å². The predicted octanol–water partition coefficient (Wildman–Crippen LogP) is 1.44. The van der Waals surface area contributed by atoms with E-state index in [0.29, 0.717) is 0 Å². The van der Waals surface area contributed by atoms with Gasteiger partial charge in [0.2, 0.25) is 0 Å². The summed E-state index contributed by atoms with van der Waals surface area (Å²) in [6.07, 6.45) is 0. The van der Waals surface area contributed by atoms with Crippen molar-refractivity contribution in [2.45, 2.75) is 13.2 Å². The molecule has 0 fully saturated rings. The number of ether oxygens (including phenoxy) is 2. The molecule has 18 heavy (non-hydrogen) atoms. The van der Waals surface area contributed by atoms with Crippen molar-refractivity contribution in [2.24, 2.45) is 0 Å². The minimum Gasteiger partial charge on any atom is -0.465 e. The van der Waals surface area contributed by atoms with Gasteiger partial charge in [-0.15, -0.1) is 0 Å². The van der Waals surface area contributed by atoms with Crippen molar-refractivity contribution in [1.29, 1.82) is 5.26 Å². The topological polar surface area (TPSA) is 79.6 Å². The normalized spacial score (nSPS) is 10.0. The Kier molecular flexibility index (Phi) is 4.57. The number of rotatable bonds is 4. The first-order valence-corrected chi connectivity index (χ1v) is 4.75. The van der Waals surface area contributed by atoms with E-state index in [1.165, 1.54) is 6.07 Å². The zero-order valence-electron chi connectivity index (χ0n) is 9.31. The van der Waals surface area contributed by atoms with E-state index in [9.17, 15) is 13.6 Å². The molecule has 1 N–H and O–H groups in total. The maximum absolute atomic E-state index is 12.3. The summed E-state index contributed by atoms with van der Waals surface area (Å²) in [4.78, 5) is 11.4. The maximum Gasteiger partial charge on any atom is 0.387 e. The number of methoxy groups -OCH3 is 1. The predicted molar refractivity (Wildman–Crippen MR) is 55.1 cm³/mol. The van der Waals surface area contributed by atoms with Gasteiger partial charge in [0.05, 0.1) is 25.3 Å². The first kappa shape index (κ1) is 13.9. The number of halogens is 2. The van der Waals surface area contributed by atoms with E-state index in [2.05, 4.69) is 9.47 Å². The Bertz CT molecular complexity index is 497. The van der Waals surface area contributed by atoms with Gasteiger partial charge in [-0.1, -0.05) is 0 Å². The summed E-state index contributed by atoms with van der Waals surface area (Å²) in [6, 6.07) is 4.05. The Hall–Kier alpha value is -2.20. The summed E-state index contributed by atoms with van der Waals surface area (Å²) < 4.78 is 33.2. The van der Waals surface area contributed by atoms with Crippen LogP contribution in [0, 0.1) is 11.3 Å². The molecular formula is C11H9F2NO4. The van der Waals surface area contributed by atoms with Crippen LogP contribution in [0.4, 0.5) is 8.78 Å². The van der Waals surface area contributed by atoms with Crippen LogP contribution in [0.3, 0.4) is 0 Å². The fraction of sp³-hybridized carbons (Fsp3) is 0.273. The number of carbonyl (C=O) groups is 1. The molecule has 0 aromatic heterocycles. The number of hydrogen-bond acceptors (Lipinski definition) is 5. The lowest BCUT2D eigenvalue weighted by Gasteiger charge is -2.14. The number of nitrogens with zero attached hydrogens (tertiary/aromatic N) is 1. The fourth-order valence-corrected chi connectivity index (χ4v) is 1.38. The Morgan fingerprint density at radius 3 is 2.67 bits per heavy atom. The van der Waals surface area contributed by atoms with Crippen LogP contribution >= 0.6 is 0 Å². The van der Waals surface area contributed by atoms with Gasteiger partial charge in [0.25, 0.3) is 0 Å². The van der Waals surface area contributed by atoms with E-state index in [0.717, 1.165) is 13.2 Å². The molecule has 0 aliphatic heterocycles. The highest BCUT2D eigenvalue weighted by Gasteiger charge is 2.22. The van der Waals surface area contributed by atoms with Gasteiger partial charge < -0.3 is 14.6 Å². The molecule has 96 valence electrons. The van der Waals surface area contributed by atoms with Crippen LogP contribution in [0.25, 0.3) is 0 Å². The van der Waals surface area contributed by atoms with E-state index >= 15 is 0 Å². The van der Waals surface area contributed by atoms with Gasteiger partial charge >= 0.3 is 12.6 Å². The Balaban J connectivity index is 3.44. The SMILES string of the molecule is COC(=O)c1ccc(C#N)c(CO)c1OC(F)F. The van der Waals surface area contributed by atoms with Gasteiger partial charge in [0.1, 0.15) is 11.3 Å². The van der Waals surface area contributed by atoms with E-state index < -0.39 is 24.9 Å². The first-order valence-electron chi connectivity index (χ1n) is 4.75. The van der Waals surface area contributed by atoms with Crippen molar-refractivity contribution in [1.82, 2.24) is 0 Å². The number of aliphatic hydroxyl groups is 1. The smallest absolute Gasteiger partial charge is 0.387 e. The summed E-state index contributed by atoms with van der Waals surface area (Å²) in [5.74, 6) is -1.44. The summed E-state index contributed by atoms with van der Waals surface area (Å²) in [7, 11) is 1.07. The standard InChI is InChI=1S/C11H9F2NO4/c1-17-10(16)7-3-2-6(4-14)8(5-15)9(7)18-11(12)13/h2-3,11,15H,5H2,1H3. The average molecular weight is 257 g/mol. The molecular weight excluding hydrogens is 248 g/mol. The van der Waals surface area contributed by atoms with Gasteiger partial charge in [-0.3, -0.25) is 0 Å². The second-order valence-corrected chi connectivity index (χ2v) is 3.11. The largest absolute Gasteiger partial charge is 0.465 e. The first-order chi connectivity index (χ1) is 8.54. The van der Waals surface area contributed by atoms with Gasteiger partial charge in [-0.25, -0.2) is 4.79 Å². The molecule has 1 aromatic rings. The van der Waals surface area contributed by atoms with Crippen molar-refractivity contribution in [2.75, 3.05) is 7.11 Å². The minimum absolute atomic E-state index is 0.0548. The number of benzene rings is 1. The summed E-state index contributed by atoms with van der Waals surface area (Å²) in [5, 5.41) is 17.9.